The van der Waals surface area contributed by atoms with E-state index in [-0.39, 0.29) is 11.2 Å². The standard InChI is InChI=1S/C25H30N4OS/c1-18-13-15-22(16-14-18)26-24(30)19(2)31-25-28-27-23(21-11-7-4-8-12-21)29(25)17-20-9-5-3-6-10-20/h3,5-6,9-10,13-16,19,21H,4,7-8,11-12,17H2,1-2H3,(H,26,30)/t19-/m1/s1. The van der Waals surface area contributed by atoms with E-state index >= 15 is 0 Å². The molecule has 0 aliphatic heterocycles. The van der Waals surface area contributed by atoms with E-state index in [0.717, 1.165) is 23.2 Å². The van der Waals surface area contributed by atoms with E-state index in [2.05, 4.69) is 44.3 Å². The molecule has 1 amide bonds. The molecule has 1 N–H and O–H groups in total. The van der Waals surface area contributed by atoms with E-state index in [1.807, 2.05) is 44.2 Å². The Hall–Kier alpha value is -2.60. The zero-order valence-corrected chi connectivity index (χ0v) is 19.1. The Morgan fingerprint density at radius 2 is 1.77 bits per heavy atom. The molecule has 1 aromatic heterocycles. The maximum absolute atomic E-state index is 12.8. The highest BCUT2D eigenvalue weighted by Gasteiger charge is 2.25. The van der Waals surface area contributed by atoms with Crippen LogP contribution >= 0.6 is 11.8 Å². The average Bonchev–Trinajstić information content (AvgIpc) is 3.18. The summed E-state index contributed by atoms with van der Waals surface area (Å²) in [7, 11) is 0. The van der Waals surface area contributed by atoms with Crippen LogP contribution in [-0.4, -0.2) is 25.9 Å². The van der Waals surface area contributed by atoms with Crippen LogP contribution in [0.25, 0.3) is 0 Å². The number of amides is 1. The van der Waals surface area contributed by atoms with Gasteiger partial charge in [0, 0.05) is 11.6 Å². The van der Waals surface area contributed by atoms with Gasteiger partial charge in [0.1, 0.15) is 5.82 Å². The lowest BCUT2D eigenvalue weighted by atomic mass is 9.88. The summed E-state index contributed by atoms with van der Waals surface area (Å²) in [5.41, 5.74) is 3.21. The van der Waals surface area contributed by atoms with Crippen molar-refractivity contribution in [1.82, 2.24) is 14.8 Å². The molecule has 0 unspecified atom stereocenters. The minimum absolute atomic E-state index is 0.0256. The van der Waals surface area contributed by atoms with E-state index < -0.39 is 0 Å². The summed E-state index contributed by atoms with van der Waals surface area (Å²) in [5.74, 6) is 1.50. The number of benzene rings is 2. The van der Waals surface area contributed by atoms with Gasteiger partial charge < -0.3 is 9.88 Å². The Kier molecular flexibility index (Phi) is 7.07. The van der Waals surface area contributed by atoms with Crippen molar-refractivity contribution in [3.63, 3.8) is 0 Å². The molecule has 0 bridgehead atoms. The Labute approximate surface area is 188 Å². The zero-order chi connectivity index (χ0) is 21.6. The quantitative estimate of drug-likeness (QED) is 0.477. The molecule has 3 aromatic rings. The number of rotatable bonds is 7. The van der Waals surface area contributed by atoms with Gasteiger partial charge in [-0.15, -0.1) is 10.2 Å². The number of carbonyl (C=O) groups is 1. The summed E-state index contributed by atoms with van der Waals surface area (Å²) < 4.78 is 2.23. The van der Waals surface area contributed by atoms with Crippen LogP contribution in [0.5, 0.6) is 0 Å². The average molecular weight is 435 g/mol. The molecule has 1 saturated carbocycles. The molecule has 0 spiro atoms. The minimum Gasteiger partial charge on any atom is -0.325 e. The summed E-state index contributed by atoms with van der Waals surface area (Å²) in [6.07, 6.45) is 6.14. The third kappa shape index (κ3) is 5.56. The minimum atomic E-state index is -0.278. The van der Waals surface area contributed by atoms with Crippen LogP contribution in [-0.2, 0) is 11.3 Å². The summed E-state index contributed by atoms with van der Waals surface area (Å²) >= 11 is 1.48. The second-order valence-corrected chi connectivity index (χ2v) is 9.67. The third-order valence-corrected chi connectivity index (χ3v) is 6.95. The van der Waals surface area contributed by atoms with E-state index in [9.17, 15) is 4.79 Å². The molecule has 2 aromatic carbocycles. The highest BCUT2D eigenvalue weighted by Crippen LogP contribution is 2.34. The van der Waals surface area contributed by atoms with Crippen molar-refractivity contribution in [2.75, 3.05) is 5.32 Å². The normalized spacial score (nSPS) is 15.5. The maximum atomic E-state index is 12.8. The number of aryl methyl sites for hydroxylation is 1. The molecule has 4 rings (SSSR count). The number of nitrogens with zero attached hydrogens (tertiary/aromatic N) is 3. The number of hydrogen-bond donors (Lipinski definition) is 1. The molecule has 0 saturated heterocycles. The molecule has 6 heteroatoms. The van der Waals surface area contributed by atoms with Crippen LogP contribution in [0.1, 0.15) is 61.9 Å². The zero-order valence-electron chi connectivity index (χ0n) is 18.3. The second kappa shape index (κ2) is 10.1. The molecule has 1 fully saturated rings. The fourth-order valence-electron chi connectivity index (χ4n) is 4.06. The van der Waals surface area contributed by atoms with Gasteiger partial charge in [0.15, 0.2) is 5.16 Å². The number of thioether (sulfide) groups is 1. The molecule has 1 atom stereocenters. The van der Waals surface area contributed by atoms with E-state index in [0.29, 0.717) is 5.92 Å². The summed E-state index contributed by atoms with van der Waals surface area (Å²) in [4.78, 5) is 12.8. The van der Waals surface area contributed by atoms with Gasteiger partial charge in [-0.1, -0.05) is 79.1 Å². The first-order valence-electron chi connectivity index (χ1n) is 11.1. The van der Waals surface area contributed by atoms with Crippen LogP contribution in [0.4, 0.5) is 5.69 Å². The summed E-state index contributed by atoms with van der Waals surface area (Å²) in [5, 5.41) is 12.7. The highest BCUT2D eigenvalue weighted by atomic mass is 32.2. The number of aromatic nitrogens is 3. The fourth-order valence-corrected chi connectivity index (χ4v) is 4.91. The number of hydrogen-bond acceptors (Lipinski definition) is 4. The van der Waals surface area contributed by atoms with Crippen molar-refractivity contribution in [3.8, 4) is 0 Å². The lowest BCUT2D eigenvalue weighted by Gasteiger charge is -2.22. The van der Waals surface area contributed by atoms with E-state index in [1.54, 1.807) is 0 Å². The van der Waals surface area contributed by atoms with E-state index in [1.165, 1.54) is 55.0 Å². The molecule has 1 heterocycles. The third-order valence-electron chi connectivity index (χ3n) is 5.87. The predicted octanol–water partition coefficient (Wildman–Crippen LogP) is 5.80. The van der Waals surface area contributed by atoms with Crippen molar-refractivity contribution in [2.24, 2.45) is 0 Å². The summed E-state index contributed by atoms with van der Waals surface area (Å²) in [6.45, 7) is 4.69. The number of nitrogens with one attached hydrogen (secondary N) is 1. The van der Waals surface area contributed by atoms with Crippen molar-refractivity contribution in [2.45, 2.75) is 68.8 Å². The molecule has 162 valence electrons. The topological polar surface area (TPSA) is 59.8 Å². The first-order chi connectivity index (χ1) is 15.1. The first-order valence-corrected chi connectivity index (χ1v) is 12.0. The van der Waals surface area contributed by atoms with Crippen molar-refractivity contribution in [1.29, 1.82) is 0 Å². The van der Waals surface area contributed by atoms with Gasteiger partial charge in [0.25, 0.3) is 0 Å². The SMILES string of the molecule is Cc1ccc(NC(=O)[C@@H](C)Sc2nnc(C3CCCCC3)n2Cc2ccccc2)cc1. The first kappa shape index (κ1) is 21.6. The Morgan fingerprint density at radius 3 is 2.48 bits per heavy atom. The molecular formula is C25H30N4OS. The fraction of sp³-hybridized carbons (Fsp3) is 0.400. The van der Waals surface area contributed by atoms with Crippen LogP contribution in [0.15, 0.2) is 59.8 Å². The molecule has 31 heavy (non-hydrogen) atoms. The molecule has 5 nitrogen and oxygen atoms in total. The molecule has 1 aliphatic carbocycles. The summed E-state index contributed by atoms with van der Waals surface area (Å²) in [6, 6.07) is 18.3. The number of anilines is 1. The number of carbonyl (C=O) groups excluding carboxylic acids is 1. The Bertz CT molecular complexity index is 994. The lowest BCUT2D eigenvalue weighted by Crippen LogP contribution is -2.23. The van der Waals surface area contributed by atoms with Crippen molar-refractivity contribution < 1.29 is 4.79 Å². The van der Waals surface area contributed by atoms with Crippen LogP contribution < -0.4 is 5.32 Å². The van der Waals surface area contributed by atoms with Gasteiger partial charge in [-0.3, -0.25) is 4.79 Å². The van der Waals surface area contributed by atoms with Crippen LogP contribution in [0.2, 0.25) is 0 Å². The Balaban J connectivity index is 1.52. The highest BCUT2D eigenvalue weighted by molar-refractivity contribution is 8.00. The van der Waals surface area contributed by atoms with Gasteiger partial charge in [-0.25, -0.2) is 0 Å². The van der Waals surface area contributed by atoms with Gasteiger partial charge in [-0.2, -0.15) is 0 Å². The van der Waals surface area contributed by atoms with Gasteiger partial charge in [0.05, 0.1) is 11.8 Å². The maximum Gasteiger partial charge on any atom is 0.237 e. The Morgan fingerprint density at radius 1 is 1.06 bits per heavy atom. The van der Waals surface area contributed by atoms with Gasteiger partial charge in [-0.05, 0) is 44.4 Å². The smallest absolute Gasteiger partial charge is 0.237 e. The van der Waals surface area contributed by atoms with Crippen molar-refractivity contribution >= 4 is 23.4 Å². The lowest BCUT2D eigenvalue weighted by molar-refractivity contribution is -0.115. The van der Waals surface area contributed by atoms with Crippen molar-refractivity contribution in [3.05, 3.63) is 71.5 Å². The molecule has 1 aliphatic rings. The monoisotopic (exact) mass is 434 g/mol. The second-order valence-electron chi connectivity index (χ2n) is 8.36. The van der Waals surface area contributed by atoms with Gasteiger partial charge in [0.2, 0.25) is 5.91 Å². The van der Waals surface area contributed by atoms with Crippen LogP contribution in [0.3, 0.4) is 0 Å². The van der Waals surface area contributed by atoms with Gasteiger partial charge >= 0.3 is 0 Å². The predicted molar refractivity (Wildman–Crippen MR) is 127 cm³/mol. The van der Waals surface area contributed by atoms with Crippen LogP contribution in [0, 0.1) is 6.92 Å². The molecule has 0 radical (unpaired) electrons. The molecular weight excluding hydrogens is 404 g/mol. The largest absolute Gasteiger partial charge is 0.325 e. The van der Waals surface area contributed by atoms with E-state index in [4.69, 9.17) is 0 Å².